The van der Waals surface area contributed by atoms with Crippen molar-refractivity contribution in [3.63, 3.8) is 0 Å². The van der Waals surface area contributed by atoms with Gasteiger partial charge in [-0.15, -0.1) is 0 Å². The number of nitrogens with zero attached hydrogens (tertiary/aromatic N) is 1. The van der Waals surface area contributed by atoms with Gasteiger partial charge in [0.05, 0.1) is 41.8 Å². The third-order valence-corrected chi connectivity index (χ3v) is 6.38. The minimum absolute atomic E-state index is 0.0943. The molecule has 3 atom stereocenters. The van der Waals surface area contributed by atoms with Gasteiger partial charge in [-0.25, -0.2) is 0 Å². The molecule has 3 N–H and O–H groups in total. The molecule has 2 aromatic rings. The van der Waals surface area contributed by atoms with Crippen molar-refractivity contribution in [3.05, 3.63) is 63.6 Å². The Morgan fingerprint density at radius 1 is 1.29 bits per heavy atom. The van der Waals surface area contributed by atoms with Gasteiger partial charge in [-0.3, -0.25) is 9.59 Å². The van der Waals surface area contributed by atoms with Gasteiger partial charge in [-0.05, 0) is 46.9 Å². The number of hydrogen-bond acceptors (Lipinski definition) is 7. The van der Waals surface area contributed by atoms with E-state index < -0.39 is 18.2 Å². The van der Waals surface area contributed by atoms with Crippen LogP contribution >= 0.6 is 22.6 Å². The summed E-state index contributed by atoms with van der Waals surface area (Å²) in [7, 11) is 1.51. The summed E-state index contributed by atoms with van der Waals surface area (Å²) in [5.74, 6) is -0.0432. The zero-order valence-corrected chi connectivity index (χ0v) is 21.0. The molecule has 0 saturated heterocycles. The maximum Gasteiger partial charge on any atom is 0.247 e. The topological polar surface area (TPSA) is 121 Å². The quantitative estimate of drug-likeness (QED) is 0.345. The zero-order chi connectivity index (χ0) is 24.5. The molecular formula is C24H29IN2O7. The number of amides is 2. The third kappa shape index (κ3) is 6.81. The largest absolute Gasteiger partial charge is 0.482 e. The van der Waals surface area contributed by atoms with Crippen molar-refractivity contribution in [2.24, 2.45) is 0 Å². The van der Waals surface area contributed by atoms with E-state index in [4.69, 9.17) is 19.0 Å². The highest BCUT2D eigenvalue weighted by molar-refractivity contribution is 14.1. The van der Waals surface area contributed by atoms with Crippen LogP contribution in [-0.2, 0) is 20.9 Å². The molecule has 1 heterocycles. The van der Waals surface area contributed by atoms with Crippen molar-refractivity contribution >= 4 is 34.4 Å². The Kier molecular flexibility index (Phi) is 9.93. The number of rotatable bonds is 11. The lowest BCUT2D eigenvalue weighted by molar-refractivity contribution is -0.140. The highest BCUT2D eigenvalue weighted by Gasteiger charge is 2.40. The third-order valence-electron chi connectivity index (χ3n) is 5.49. The molecule has 3 unspecified atom stereocenters. The first kappa shape index (κ1) is 26.2. The molecule has 0 fully saturated rings. The van der Waals surface area contributed by atoms with E-state index in [1.54, 1.807) is 23.1 Å². The van der Waals surface area contributed by atoms with Crippen LogP contribution in [0, 0.1) is 3.57 Å². The van der Waals surface area contributed by atoms with Crippen LogP contribution < -0.4 is 10.1 Å². The fraction of sp³-hybridized carbons (Fsp3) is 0.417. The van der Waals surface area contributed by atoms with Crippen LogP contribution in [0.15, 0.2) is 58.9 Å². The van der Waals surface area contributed by atoms with Gasteiger partial charge in [0, 0.05) is 37.8 Å². The predicted molar refractivity (Wildman–Crippen MR) is 132 cm³/mol. The smallest absolute Gasteiger partial charge is 0.247 e. The highest BCUT2D eigenvalue weighted by Crippen LogP contribution is 2.30. The monoisotopic (exact) mass is 584 g/mol. The van der Waals surface area contributed by atoms with E-state index in [0.717, 1.165) is 9.13 Å². The molecule has 1 aromatic heterocycles. The molecule has 184 valence electrons. The molecule has 34 heavy (non-hydrogen) atoms. The summed E-state index contributed by atoms with van der Waals surface area (Å²) in [6, 6.07) is 8.37. The number of carbonyl (C=O) groups is 2. The Morgan fingerprint density at radius 3 is 2.76 bits per heavy atom. The van der Waals surface area contributed by atoms with Gasteiger partial charge in [-0.1, -0.05) is 12.1 Å². The highest BCUT2D eigenvalue weighted by atomic mass is 127. The number of ether oxygens (including phenoxy) is 2. The first-order valence-corrected chi connectivity index (χ1v) is 12.0. The summed E-state index contributed by atoms with van der Waals surface area (Å²) in [5.41, 5.74) is 1.13. The Hall–Kier alpha value is -2.41. The van der Waals surface area contributed by atoms with Crippen LogP contribution in [0.1, 0.15) is 18.4 Å². The molecule has 1 aromatic carbocycles. The standard InChI is InChI=1S/C24H29IN2O7/c1-32-10-7-22(29)27(14-16-6-11-33-15-16)19-12-17(24(31)26-8-9-28)13-21(23(19)30)34-20-5-3-2-4-18(20)25/h2-6,11,13,15,19,21,23,28,30H,7-10,12,14H2,1H3,(H,26,31). The number of hydrogen-bond donors (Lipinski definition) is 3. The van der Waals surface area contributed by atoms with E-state index in [2.05, 4.69) is 27.9 Å². The van der Waals surface area contributed by atoms with Gasteiger partial charge >= 0.3 is 0 Å². The summed E-state index contributed by atoms with van der Waals surface area (Å²) in [6.45, 7) is 0.319. The lowest BCUT2D eigenvalue weighted by Crippen LogP contribution is -2.55. The molecule has 1 aliphatic rings. The number of benzene rings is 1. The summed E-state index contributed by atoms with van der Waals surface area (Å²) in [5, 5.41) is 23.1. The minimum atomic E-state index is -1.09. The number of nitrogens with one attached hydrogen (secondary N) is 1. The van der Waals surface area contributed by atoms with E-state index in [1.807, 2.05) is 18.2 Å². The second-order valence-electron chi connectivity index (χ2n) is 7.84. The van der Waals surface area contributed by atoms with Crippen molar-refractivity contribution in [1.82, 2.24) is 10.2 Å². The number of furan rings is 1. The summed E-state index contributed by atoms with van der Waals surface area (Å²) >= 11 is 2.14. The normalized spacial score (nSPS) is 19.9. The molecule has 1 aliphatic carbocycles. The van der Waals surface area contributed by atoms with Crippen molar-refractivity contribution in [2.45, 2.75) is 37.6 Å². The number of aliphatic hydroxyl groups is 2. The molecule has 3 rings (SSSR count). The van der Waals surface area contributed by atoms with E-state index >= 15 is 0 Å². The molecule has 0 radical (unpaired) electrons. The molecule has 0 saturated carbocycles. The molecule has 10 heteroatoms. The molecule has 0 spiro atoms. The Bertz CT molecular complexity index is 979. The van der Waals surface area contributed by atoms with Gasteiger partial charge in [0.15, 0.2) is 0 Å². The van der Waals surface area contributed by atoms with E-state index in [9.17, 15) is 14.7 Å². The van der Waals surface area contributed by atoms with Crippen LogP contribution in [0.5, 0.6) is 5.75 Å². The van der Waals surface area contributed by atoms with E-state index in [1.165, 1.54) is 19.6 Å². The molecule has 0 aliphatic heterocycles. The summed E-state index contributed by atoms with van der Waals surface area (Å²) < 4.78 is 17.2. The Balaban J connectivity index is 1.93. The van der Waals surface area contributed by atoms with Gasteiger partial charge < -0.3 is 34.3 Å². The van der Waals surface area contributed by atoms with Crippen molar-refractivity contribution in [2.75, 3.05) is 26.9 Å². The second-order valence-corrected chi connectivity index (χ2v) is 9.00. The van der Waals surface area contributed by atoms with Gasteiger partial charge in [0.1, 0.15) is 18.0 Å². The fourth-order valence-electron chi connectivity index (χ4n) is 3.77. The number of aliphatic hydroxyl groups excluding tert-OH is 2. The first-order chi connectivity index (χ1) is 16.4. The van der Waals surface area contributed by atoms with Crippen molar-refractivity contribution < 1.29 is 33.7 Å². The van der Waals surface area contributed by atoms with Crippen LogP contribution in [0.4, 0.5) is 0 Å². The predicted octanol–water partition coefficient (Wildman–Crippen LogP) is 1.86. The summed E-state index contributed by atoms with van der Waals surface area (Å²) in [4.78, 5) is 27.5. The molecular weight excluding hydrogens is 555 g/mol. The average molecular weight is 584 g/mol. The lowest BCUT2D eigenvalue weighted by atomic mass is 9.87. The Labute approximate surface area is 211 Å². The number of halogens is 1. The van der Waals surface area contributed by atoms with Crippen molar-refractivity contribution in [3.8, 4) is 5.75 Å². The van der Waals surface area contributed by atoms with Crippen LogP contribution in [0.3, 0.4) is 0 Å². The average Bonchev–Trinajstić information content (AvgIpc) is 3.35. The van der Waals surface area contributed by atoms with Gasteiger partial charge in [0.25, 0.3) is 0 Å². The fourth-order valence-corrected chi connectivity index (χ4v) is 4.28. The molecule has 2 amide bonds. The maximum atomic E-state index is 13.1. The number of carbonyl (C=O) groups excluding carboxylic acids is 2. The molecule has 9 nitrogen and oxygen atoms in total. The first-order valence-electron chi connectivity index (χ1n) is 10.9. The number of methoxy groups -OCH3 is 1. The van der Waals surface area contributed by atoms with Crippen LogP contribution in [0.25, 0.3) is 0 Å². The van der Waals surface area contributed by atoms with E-state index in [0.29, 0.717) is 11.3 Å². The van der Waals surface area contributed by atoms with E-state index in [-0.39, 0.29) is 51.0 Å². The number of para-hydroxylation sites is 1. The maximum absolute atomic E-state index is 13.1. The summed E-state index contributed by atoms with van der Waals surface area (Å²) in [6.07, 6.45) is 2.93. The lowest BCUT2D eigenvalue weighted by Gasteiger charge is -2.40. The Morgan fingerprint density at radius 2 is 2.09 bits per heavy atom. The van der Waals surface area contributed by atoms with Crippen LogP contribution in [0.2, 0.25) is 0 Å². The zero-order valence-electron chi connectivity index (χ0n) is 18.9. The van der Waals surface area contributed by atoms with Crippen LogP contribution in [-0.4, -0.2) is 72.0 Å². The molecule has 0 bridgehead atoms. The minimum Gasteiger partial charge on any atom is -0.482 e. The second kappa shape index (κ2) is 12.9. The van der Waals surface area contributed by atoms with Crippen molar-refractivity contribution in [1.29, 1.82) is 0 Å². The SMILES string of the molecule is COCCC(=O)N(Cc1ccoc1)C1CC(C(=O)NCCO)=CC(Oc2ccccc2I)C1O. The van der Waals surface area contributed by atoms with Gasteiger partial charge in [0.2, 0.25) is 11.8 Å². The van der Waals surface area contributed by atoms with Gasteiger partial charge in [-0.2, -0.15) is 0 Å².